The molecule has 1 N–H and O–H groups in total. The molecule has 15 heavy (non-hydrogen) atoms. The third kappa shape index (κ3) is 2.32. The molecule has 2 nitrogen and oxygen atoms in total. The highest BCUT2D eigenvalue weighted by atomic mass is 16.5. The normalized spacial score (nSPS) is 16.2. The second-order valence-corrected chi connectivity index (χ2v) is 4.56. The van der Waals surface area contributed by atoms with Gasteiger partial charge in [0.2, 0.25) is 0 Å². The van der Waals surface area contributed by atoms with Crippen LogP contribution in [0, 0.1) is 26.7 Å². The number of hydrogen-bond donors (Lipinski definition) is 1. The van der Waals surface area contributed by atoms with Crippen LogP contribution in [-0.4, -0.2) is 19.7 Å². The maximum atomic E-state index is 5.89. The molecule has 2 heteroatoms. The van der Waals surface area contributed by atoms with Gasteiger partial charge in [0.1, 0.15) is 5.75 Å². The van der Waals surface area contributed by atoms with Gasteiger partial charge in [0.05, 0.1) is 6.61 Å². The molecule has 0 spiro atoms. The molecule has 0 bridgehead atoms. The first-order valence-corrected chi connectivity index (χ1v) is 5.58. The molecule has 2 rings (SSSR count). The molecule has 1 aliphatic rings. The lowest BCUT2D eigenvalue weighted by molar-refractivity contribution is 0.197. The van der Waals surface area contributed by atoms with E-state index >= 15 is 0 Å². The fourth-order valence-corrected chi connectivity index (χ4v) is 2.06. The van der Waals surface area contributed by atoms with Crippen LogP contribution in [0.1, 0.15) is 16.7 Å². The Labute approximate surface area is 91.6 Å². The van der Waals surface area contributed by atoms with E-state index in [1.165, 1.54) is 16.7 Å². The maximum Gasteiger partial charge on any atom is 0.125 e. The molecular formula is C13H19NO. The Hall–Kier alpha value is -1.02. The predicted molar refractivity (Wildman–Crippen MR) is 62.5 cm³/mol. The Kier molecular flexibility index (Phi) is 2.96. The summed E-state index contributed by atoms with van der Waals surface area (Å²) in [5.41, 5.74) is 3.81. The molecule has 1 saturated heterocycles. The van der Waals surface area contributed by atoms with Crippen molar-refractivity contribution in [2.75, 3.05) is 19.7 Å². The van der Waals surface area contributed by atoms with Gasteiger partial charge < -0.3 is 10.1 Å². The summed E-state index contributed by atoms with van der Waals surface area (Å²) in [6.07, 6.45) is 0. The van der Waals surface area contributed by atoms with E-state index in [1.54, 1.807) is 0 Å². The average Bonchev–Trinajstić information content (AvgIpc) is 2.06. The quantitative estimate of drug-likeness (QED) is 0.817. The van der Waals surface area contributed by atoms with Crippen molar-refractivity contribution in [2.24, 2.45) is 5.92 Å². The summed E-state index contributed by atoms with van der Waals surface area (Å²) in [7, 11) is 0. The molecule has 0 unspecified atom stereocenters. The van der Waals surface area contributed by atoms with Crippen molar-refractivity contribution < 1.29 is 4.74 Å². The fraction of sp³-hybridized carbons (Fsp3) is 0.538. The molecule has 1 aromatic carbocycles. The molecule has 82 valence electrons. The number of benzene rings is 1. The molecule has 1 aliphatic heterocycles. The van der Waals surface area contributed by atoms with E-state index in [1.807, 2.05) is 0 Å². The third-order valence-electron chi connectivity index (χ3n) is 2.93. The van der Waals surface area contributed by atoms with Gasteiger partial charge in [0.15, 0.2) is 0 Å². The van der Waals surface area contributed by atoms with Gasteiger partial charge >= 0.3 is 0 Å². The third-order valence-corrected chi connectivity index (χ3v) is 2.93. The van der Waals surface area contributed by atoms with Crippen LogP contribution >= 0.6 is 0 Å². The largest absolute Gasteiger partial charge is 0.493 e. The molecule has 0 aromatic heterocycles. The first-order valence-electron chi connectivity index (χ1n) is 5.58. The number of rotatable bonds is 3. The fourth-order valence-electron chi connectivity index (χ4n) is 2.06. The van der Waals surface area contributed by atoms with Crippen LogP contribution in [0.3, 0.4) is 0 Å². The molecule has 0 aliphatic carbocycles. The Morgan fingerprint density at radius 2 is 1.80 bits per heavy atom. The minimum atomic E-state index is 0.699. The maximum absolute atomic E-state index is 5.89. The highest BCUT2D eigenvalue weighted by Gasteiger charge is 2.17. The summed E-state index contributed by atoms with van der Waals surface area (Å²) < 4.78 is 5.89. The van der Waals surface area contributed by atoms with E-state index in [0.717, 1.165) is 25.4 Å². The summed E-state index contributed by atoms with van der Waals surface area (Å²) in [4.78, 5) is 0. The SMILES string of the molecule is Cc1cc(C)c(OCC2CNC2)c(C)c1. The minimum absolute atomic E-state index is 0.699. The van der Waals surface area contributed by atoms with E-state index in [-0.39, 0.29) is 0 Å². The van der Waals surface area contributed by atoms with Gasteiger partial charge in [-0.25, -0.2) is 0 Å². The van der Waals surface area contributed by atoms with Crippen molar-refractivity contribution in [1.29, 1.82) is 0 Å². The number of aryl methyl sites for hydroxylation is 3. The summed E-state index contributed by atoms with van der Waals surface area (Å²) in [6, 6.07) is 4.36. The molecule has 0 atom stereocenters. The lowest BCUT2D eigenvalue weighted by atomic mass is 10.0. The lowest BCUT2D eigenvalue weighted by Gasteiger charge is -2.27. The van der Waals surface area contributed by atoms with Crippen molar-refractivity contribution >= 4 is 0 Å². The van der Waals surface area contributed by atoms with E-state index < -0.39 is 0 Å². The van der Waals surface area contributed by atoms with Crippen LogP contribution in [0.5, 0.6) is 5.75 Å². The van der Waals surface area contributed by atoms with Crippen LogP contribution in [0.2, 0.25) is 0 Å². The first-order chi connectivity index (χ1) is 7.16. The topological polar surface area (TPSA) is 21.3 Å². The smallest absolute Gasteiger partial charge is 0.125 e. The zero-order valence-electron chi connectivity index (χ0n) is 9.76. The van der Waals surface area contributed by atoms with Crippen LogP contribution in [-0.2, 0) is 0 Å². The van der Waals surface area contributed by atoms with Gasteiger partial charge in [-0.3, -0.25) is 0 Å². The van der Waals surface area contributed by atoms with E-state index in [9.17, 15) is 0 Å². The van der Waals surface area contributed by atoms with Gasteiger partial charge in [0, 0.05) is 19.0 Å². The van der Waals surface area contributed by atoms with Gasteiger partial charge in [0.25, 0.3) is 0 Å². The Balaban J connectivity index is 2.05. The van der Waals surface area contributed by atoms with Crippen molar-refractivity contribution in [3.8, 4) is 5.75 Å². The van der Waals surface area contributed by atoms with Gasteiger partial charge in [-0.1, -0.05) is 17.7 Å². The molecule has 1 heterocycles. The van der Waals surface area contributed by atoms with Gasteiger partial charge in [-0.2, -0.15) is 0 Å². The van der Waals surface area contributed by atoms with E-state index in [0.29, 0.717) is 5.92 Å². The van der Waals surface area contributed by atoms with Crippen LogP contribution in [0.4, 0.5) is 0 Å². The Morgan fingerprint density at radius 3 is 2.27 bits per heavy atom. The van der Waals surface area contributed by atoms with E-state index in [4.69, 9.17) is 4.74 Å². The second-order valence-electron chi connectivity index (χ2n) is 4.56. The standard InChI is InChI=1S/C13H19NO/c1-9-4-10(2)13(11(3)5-9)15-8-12-6-14-7-12/h4-5,12,14H,6-8H2,1-3H3. The molecule has 1 fully saturated rings. The van der Waals surface area contributed by atoms with E-state index in [2.05, 4.69) is 38.2 Å². The summed E-state index contributed by atoms with van der Waals surface area (Å²) in [6.45, 7) is 9.41. The number of hydrogen-bond acceptors (Lipinski definition) is 2. The monoisotopic (exact) mass is 205 g/mol. The Bertz CT molecular complexity index is 333. The predicted octanol–water partition coefficient (Wildman–Crippen LogP) is 2.21. The Morgan fingerprint density at radius 1 is 1.20 bits per heavy atom. The van der Waals surface area contributed by atoms with Gasteiger partial charge in [-0.15, -0.1) is 0 Å². The molecule has 1 aromatic rings. The highest BCUT2D eigenvalue weighted by Crippen LogP contribution is 2.25. The van der Waals surface area contributed by atoms with Crippen LogP contribution in [0.25, 0.3) is 0 Å². The minimum Gasteiger partial charge on any atom is -0.493 e. The summed E-state index contributed by atoms with van der Waals surface area (Å²) in [5, 5.41) is 3.26. The molecule has 0 amide bonds. The number of ether oxygens (including phenoxy) is 1. The zero-order chi connectivity index (χ0) is 10.8. The number of nitrogens with one attached hydrogen (secondary N) is 1. The molecular weight excluding hydrogens is 186 g/mol. The van der Waals surface area contributed by atoms with Crippen molar-refractivity contribution in [3.05, 3.63) is 28.8 Å². The second kappa shape index (κ2) is 4.23. The summed E-state index contributed by atoms with van der Waals surface area (Å²) in [5.74, 6) is 1.78. The van der Waals surface area contributed by atoms with Gasteiger partial charge in [-0.05, 0) is 31.9 Å². The molecule has 0 saturated carbocycles. The average molecular weight is 205 g/mol. The molecule has 0 radical (unpaired) electrons. The van der Waals surface area contributed by atoms with Crippen LogP contribution < -0.4 is 10.1 Å². The first kappa shape index (κ1) is 10.5. The van der Waals surface area contributed by atoms with Crippen molar-refractivity contribution in [1.82, 2.24) is 5.32 Å². The summed E-state index contributed by atoms with van der Waals surface area (Å²) >= 11 is 0. The van der Waals surface area contributed by atoms with Crippen LogP contribution in [0.15, 0.2) is 12.1 Å². The van der Waals surface area contributed by atoms with Crippen molar-refractivity contribution in [3.63, 3.8) is 0 Å². The van der Waals surface area contributed by atoms with Crippen molar-refractivity contribution in [2.45, 2.75) is 20.8 Å². The lowest BCUT2D eigenvalue weighted by Crippen LogP contribution is -2.45. The zero-order valence-corrected chi connectivity index (χ0v) is 9.76. The highest BCUT2D eigenvalue weighted by molar-refractivity contribution is 5.42.